The Hall–Kier alpha value is -5.61. The van der Waals surface area contributed by atoms with Gasteiger partial charge < -0.3 is 14.8 Å². The van der Waals surface area contributed by atoms with Crippen LogP contribution < -0.4 is 10.2 Å². The van der Waals surface area contributed by atoms with E-state index in [2.05, 4.69) is 15.2 Å². The maximum absolute atomic E-state index is 16.3. The van der Waals surface area contributed by atoms with E-state index in [4.69, 9.17) is 0 Å². The zero-order valence-electron chi connectivity index (χ0n) is 35.0. The Bertz CT molecular complexity index is 2480. The van der Waals surface area contributed by atoms with Gasteiger partial charge in [-0.05, 0) is 98.4 Å². The van der Waals surface area contributed by atoms with Crippen LogP contribution in [0.5, 0.6) is 0 Å². The molecule has 0 aliphatic carbocycles. The van der Waals surface area contributed by atoms with Gasteiger partial charge in [-0.1, -0.05) is 18.2 Å². The molecule has 6 aliphatic heterocycles. The minimum Gasteiger partial charge on any atom is -0.371 e. The first-order valence-electron chi connectivity index (χ1n) is 22.1. The van der Waals surface area contributed by atoms with Crippen LogP contribution in [0.3, 0.4) is 0 Å². The van der Waals surface area contributed by atoms with E-state index in [0.717, 1.165) is 51.9 Å². The standard InChI is InChI=1S/C47H49F4N7O5/c1-25-16-32-31-4-2-3-5-37(31)52-42(32)43(57(25)24-39(50)51)41-35(48)19-30(20-36(41)49)55-14-10-27(11-15-55)45(61)56-12-8-26(9-13-56)21-54-22-28-17-33-34(18-29(28)23-54)47(63)58(46(33)62)38-6-7-40(59)53-44(38)60/h2-5,17-20,25-27,38-39,43,52H,6-16,21-24H2,1H3,(H,53,59,60)/t25-,38?,43-/m1/s1. The van der Waals surface area contributed by atoms with E-state index in [-0.39, 0.29) is 47.4 Å². The summed E-state index contributed by atoms with van der Waals surface area (Å²) in [4.78, 5) is 76.5. The molecular weight excluding hydrogens is 819 g/mol. The third-order valence-corrected chi connectivity index (χ3v) is 14.4. The van der Waals surface area contributed by atoms with Crippen molar-refractivity contribution in [3.63, 3.8) is 0 Å². The molecule has 7 heterocycles. The fraction of sp³-hybridized carbons (Fsp3) is 0.468. The Morgan fingerprint density at radius 2 is 1.49 bits per heavy atom. The lowest BCUT2D eigenvalue weighted by Gasteiger charge is -2.41. The summed E-state index contributed by atoms with van der Waals surface area (Å²) in [5.74, 6) is -3.40. The number of carbonyl (C=O) groups excluding carboxylic acids is 5. The van der Waals surface area contributed by atoms with Crippen molar-refractivity contribution in [2.24, 2.45) is 11.8 Å². The first kappa shape index (κ1) is 41.4. The van der Waals surface area contributed by atoms with Crippen LogP contribution in [0.1, 0.15) is 100 Å². The topological polar surface area (TPSA) is 129 Å². The lowest BCUT2D eigenvalue weighted by atomic mass is 9.87. The van der Waals surface area contributed by atoms with Crippen molar-refractivity contribution in [1.29, 1.82) is 0 Å². The van der Waals surface area contributed by atoms with Crippen LogP contribution in [0.25, 0.3) is 10.9 Å². The summed E-state index contributed by atoms with van der Waals surface area (Å²) in [6.07, 6.45) is 0.713. The number of hydrogen-bond acceptors (Lipinski definition) is 8. The lowest BCUT2D eigenvalue weighted by molar-refractivity contribution is -0.138. The summed E-state index contributed by atoms with van der Waals surface area (Å²) >= 11 is 0. The van der Waals surface area contributed by atoms with Gasteiger partial charge in [0.05, 0.1) is 23.7 Å². The summed E-state index contributed by atoms with van der Waals surface area (Å²) in [5, 5.41) is 3.15. The smallest absolute Gasteiger partial charge is 0.262 e. The summed E-state index contributed by atoms with van der Waals surface area (Å²) in [6.45, 7) is 5.41. The minimum atomic E-state index is -2.69. The molecule has 4 aromatic rings. The fourth-order valence-corrected chi connectivity index (χ4v) is 11.2. The Labute approximate surface area is 361 Å². The molecule has 2 N–H and O–H groups in total. The van der Waals surface area contributed by atoms with Crippen LogP contribution in [-0.2, 0) is 33.9 Å². The molecule has 3 saturated heterocycles. The molecule has 6 aliphatic rings. The van der Waals surface area contributed by atoms with Gasteiger partial charge in [0, 0.05) is 92.0 Å². The second-order valence-electron chi connectivity index (χ2n) is 18.2. The van der Waals surface area contributed by atoms with E-state index in [0.29, 0.717) is 75.8 Å². The quantitative estimate of drug-likeness (QED) is 0.165. The molecule has 0 saturated carbocycles. The molecule has 1 aromatic heterocycles. The minimum absolute atomic E-state index is 0.0661. The molecule has 5 amide bonds. The number of alkyl halides is 2. The van der Waals surface area contributed by atoms with Gasteiger partial charge in [0.2, 0.25) is 17.7 Å². The van der Waals surface area contributed by atoms with Gasteiger partial charge in [0.25, 0.3) is 18.2 Å². The number of rotatable bonds is 8. The van der Waals surface area contributed by atoms with Crippen molar-refractivity contribution >= 4 is 46.1 Å². The van der Waals surface area contributed by atoms with Gasteiger partial charge in [-0.3, -0.25) is 44.0 Å². The highest BCUT2D eigenvalue weighted by atomic mass is 19.3. The number of carbonyl (C=O) groups is 5. The molecule has 1 unspecified atom stereocenters. The van der Waals surface area contributed by atoms with Crippen LogP contribution in [-0.4, -0.2) is 112 Å². The predicted octanol–water partition coefficient (Wildman–Crippen LogP) is 5.92. The second kappa shape index (κ2) is 16.2. The first-order chi connectivity index (χ1) is 30.3. The van der Waals surface area contributed by atoms with Crippen LogP contribution in [0, 0.1) is 23.5 Å². The predicted molar refractivity (Wildman–Crippen MR) is 224 cm³/mol. The molecule has 10 rings (SSSR count). The van der Waals surface area contributed by atoms with E-state index in [1.165, 1.54) is 17.0 Å². The molecule has 3 fully saturated rings. The maximum atomic E-state index is 16.3. The number of aromatic amines is 1. The fourth-order valence-electron chi connectivity index (χ4n) is 11.2. The number of likely N-dealkylation sites (tertiary alicyclic amines) is 1. The number of amides is 5. The molecule has 0 radical (unpaired) electrons. The number of benzene rings is 3. The first-order valence-corrected chi connectivity index (χ1v) is 22.1. The van der Waals surface area contributed by atoms with Gasteiger partial charge in [-0.25, -0.2) is 17.6 Å². The maximum Gasteiger partial charge on any atom is 0.262 e. The van der Waals surface area contributed by atoms with Crippen molar-refractivity contribution in [1.82, 2.24) is 29.9 Å². The summed E-state index contributed by atoms with van der Waals surface area (Å²) in [5.41, 5.74) is 4.84. The number of nitrogens with zero attached hydrogens (tertiary/aromatic N) is 5. The number of nitrogens with one attached hydrogen (secondary N) is 2. The molecule has 63 heavy (non-hydrogen) atoms. The van der Waals surface area contributed by atoms with E-state index in [1.807, 2.05) is 41.0 Å². The second-order valence-corrected chi connectivity index (χ2v) is 18.2. The molecule has 3 aromatic carbocycles. The zero-order chi connectivity index (χ0) is 43.8. The number of imide groups is 2. The van der Waals surface area contributed by atoms with Crippen molar-refractivity contribution in [3.8, 4) is 0 Å². The van der Waals surface area contributed by atoms with Gasteiger partial charge in [-0.15, -0.1) is 0 Å². The van der Waals surface area contributed by atoms with E-state index in [9.17, 15) is 32.8 Å². The van der Waals surface area contributed by atoms with Crippen molar-refractivity contribution < 1.29 is 41.5 Å². The van der Waals surface area contributed by atoms with Gasteiger partial charge >= 0.3 is 0 Å². The highest BCUT2D eigenvalue weighted by Gasteiger charge is 2.46. The Morgan fingerprint density at radius 1 is 0.841 bits per heavy atom. The number of aromatic nitrogens is 1. The third kappa shape index (κ3) is 7.38. The van der Waals surface area contributed by atoms with Gasteiger partial charge in [0.1, 0.15) is 17.7 Å². The molecule has 0 spiro atoms. The third-order valence-electron chi connectivity index (χ3n) is 14.4. The normalized spacial score (nSPS) is 23.8. The average molecular weight is 868 g/mol. The van der Waals surface area contributed by atoms with Crippen molar-refractivity contribution in [2.75, 3.05) is 44.2 Å². The molecule has 330 valence electrons. The molecule has 12 nitrogen and oxygen atoms in total. The molecule has 0 bridgehead atoms. The van der Waals surface area contributed by atoms with Crippen LogP contribution in [0.4, 0.5) is 23.2 Å². The number of para-hydroxylation sites is 1. The molecular formula is C47H49F4N7O5. The number of hydrogen-bond donors (Lipinski definition) is 2. The zero-order valence-corrected chi connectivity index (χ0v) is 35.0. The Morgan fingerprint density at radius 3 is 2.13 bits per heavy atom. The number of anilines is 1. The molecule has 3 atom stereocenters. The van der Waals surface area contributed by atoms with Crippen LogP contribution in [0.15, 0.2) is 48.5 Å². The van der Waals surface area contributed by atoms with Crippen LogP contribution in [0.2, 0.25) is 0 Å². The van der Waals surface area contributed by atoms with E-state index in [1.54, 1.807) is 12.1 Å². The van der Waals surface area contributed by atoms with Gasteiger partial charge in [-0.2, -0.15) is 0 Å². The van der Waals surface area contributed by atoms with Crippen molar-refractivity contribution in [3.05, 3.63) is 99.2 Å². The number of H-pyrrole nitrogens is 1. The Kier molecular flexibility index (Phi) is 10.6. The van der Waals surface area contributed by atoms with E-state index < -0.39 is 60.3 Å². The number of piperidine rings is 3. The lowest BCUT2D eigenvalue weighted by Crippen LogP contribution is -2.54. The van der Waals surface area contributed by atoms with Crippen molar-refractivity contribution in [2.45, 2.75) is 89.5 Å². The summed E-state index contributed by atoms with van der Waals surface area (Å²) < 4.78 is 60.4. The van der Waals surface area contributed by atoms with E-state index >= 15 is 8.78 Å². The summed E-state index contributed by atoms with van der Waals surface area (Å²) in [6, 6.07) is 11.3. The van der Waals surface area contributed by atoms with Crippen LogP contribution >= 0.6 is 0 Å². The largest absolute Gasteiger partial charge is 0.371 e. The Balaban J connectivity index is 0.736. The monoisotopic (exact) mass is 867 g/mol. The van der Waals surface area contributed by atoms with Gasteiger partial charge in [0.15, 0.2) is 0 Å². The summed E-state index contributed by atoms with van der Waals surface area (Å²) in [7, 11) is 0. The average Bonchev–Trinajstić information content (AvgIpc) is 3.91. The number of halogens is 4. The SMILES string of the molecule is C[C@@H]1Cc2c([nH]c3ccccc23)[C@@H](c2c(F)cc(N3CCC(C(=O)N4CCC(CN5Cc6cc7c(cc6C5)C(=O)N(C5CCC(=O)NC5=O)C7=O)CC4)CC3)cc2F)N1CC(F)F. The number of fused-ring (bicyclic) bond motifs is 5. The molecule has 16 heteroatoms. The highest BCUT2D eigenvalue weighted by molar-refractivity contribution is 6.23. The highest BCUT2D eigenvalue weighted by Crippen LogP contribution is 2.44.